The van der Waals surface area contributed by atoms with Crippen LogP contribution in [0.25, 0.3) is 0 Å². The van der Waals surface area contributed by atoms with Crippen LogP contribution in [0.4, 0.5) is 4.79 Å². The molecule has 2 fully saturated rings. The summed E-state index contributed by atoms with van der Waals surface area (Å²) in [6.07, 6.45) is 4.14. The number of piperidine rings is 2. The van der Waals surface area contributed by atoms with Crippen LogP contribution in [0.2, 0.25) is 0 Å². The summed E-state index contributed by atoms with van der Waals surface area (Å²) in [5.41, 5.74) is 0.439. The van der Waals surface area contributed by atoms with Gasteiger partial charge < -0.3 is 15.0 Å². The van der Waals surface area contributed by atoms with E-state index < -0.39 is 10.0 Å². The van der Waals surface area contributed by atoms with E-state index in [4.69, 9.17) is 4.74 Å². The lowest BCUT2D eigenvalue weighted by Gasteiger charge is -2.30. The zero-order chi connectivity index (χ0) is 20.9. The lowest BCUT2D eigenvalue weighted by atomic mass is 9.97. The summed E-state index contributed by atoms with van der Waals surface area (Å²) in [4.78, 5) is 25.8. The van der Waals surface area contributed by atoms with Gasteiger partial charge in [-0.15, -0.1) is 0 Å². The molecule has 2 aliphatic heterocycles. The van der Waals surface area contributed by atoms with Gasteiger partial charge in [0.2, 0.25) is 10.0 Å². The van der Waals surface area contributed by atoms with Crippen molar-refractivity contribution in [1.29, 1.82) is 0 Å². The molecular formula is C20H29N3O5S. The van der Waals surface area contributed by atoms with Crippen molar-refractivity contribution in [2.24, 2.45) is 5.92 Å². The lowest BCUT2D eigenvalue weighted by Crippen LogP contribution is -2.41. The Morgan fingerprint density at radius 1 is 1.03 bits per heavy atom. The summed E-state index contributed by atoms with van der Waals surface area (Å²) in [5.74, 6) is 0.0842. The minimum atomic E-state index is -3.49. The molecule has 0 bridgehead atoms. The predicted molar refractivity (Wildman–Crippen MR) is 108 cm³/mol. The second-order valence-electron chi connectivity index (χ2n) is 7.60. The van der Waals surface area contributed by atoms with E-state index in [0.717, 1.165) is 32.1 Å². The Kier molecular flexibility index (Phi) is 7.13. The zero-order valence-corrected chi connectivity index (χ0v) is 17.6. The molecule has 1 aromatic carbocycles. The minimum absolute atomic E-state index is 0.220. The van der Waals surface area contributed by atoms with Gasteiger partial charge in [0, 0.05) is 38.3 Å². The number of benzene rings is 1. The van der Waals surface area contributed by atoms with Gasteiger partial charge in [0.25, 0.3) is 5.91 Å². The Hall–Kier alpha value is -2.13. The predicted octanol–water partition coefficient (Wildman–Crippen LogP) is 2.07. The molecule has 2 saturated heterocycles. The van der Waals surface area contributed by atoms with Gasteiger partial charge in [-0.05, 0) is 55.9 Å². The van der Waals surface area contributed by atoms with Crippen molar-refractivity contribution >= 4 is 22.0 Å². The zero-order valence-electron chi connectivity index (χ0n) is 16.8. The largest absolute Gasteiger partial charge is 0.453 e. The maximum Gasteiger partial charge on any atom is 0.409 e. The van der Waals surface area contributed by atoms with Crippen LogP contribution in [-0.4, -0.2) is 69.5 Å². The van der Waals surface area contributed by atoms with Crippen molar-refractivity contribution in [3.05, 3.63) is 29.8 Å². The molecular weight excluding hydrogens is 394 g/mol. The average molecular weight is 424 g/mol. The number of likely N-dealkylation sites (tertiary alicyclic amines) is 1. The molecule has 3 rings (SSSR count). The van der Waals surface area contributed by atoms with Gasteiger partial charge in [0.05, 0.1) is 12.0 Å². The number of carbonyl (C=O) groups is 2. The first-order valence-corrected chi connectivity index (χ1v) is 11.6. The van der Waals surface area contributed by atoms with Crippen LogP contribution in [0.3, 0.4) is 0 Å². The van der Waals surface area contributed by atoms with Gasteiger partial charge in [-0.2, -0.15) is 4.31 Å². The number of sulfonamides is 1. The first-order chi connectivity index (χ1) is 13.9. The van der Waals surface area contributed by atoms with Crippen LogP contribution in [0.15, 0.2) is 29.2 Å². The third kappa shape index (κ3) is 5.27. The standard InChI is InChI=1S/C20H29N3O5S/c1-28-20(25)22-13-9-16(10-14-22)15-21-19(24)17-5-7-18(8-6-17)29(26,27)23-11-3-2-4-12-23/h5-8,16H,2-4,9-15H2,1H3,(H,21,24). The lowest BCUT2D eigenvalue weighted by molar-refractivity contribution is 0.0914. The average Bonchev–Trinajstić information content (AvgIpc) is 2.78. The number of ether oxygens (including phenoxy) is 1. The van der Waals surface area contributed by atoms with Crippen LogP contribution in [0.1, 0.15) is 42.5 Å². The van der Waals surface area contributed by atoms with Gasteiger partial charge in [-0.1, -0.05) is 6.42 Å². The van der Waals surface area contributed by atoms with Crippen LogP contribution in [0.5, 0.6) is 0 Å². The third-order valence-corrected chi connectivity index (χ3v) is 7.58. The first-order valence-electron chi connectivity index (χ1n) is 10.1. The molecule has 0 aliphatic carbocycles. The van der Waals surface area contributed by atoms with Crippen molar-refractivity contribution < 1.29 is 22.7 Å². The van der Waals surface area contributed by atoms with Gasteiger partial charge in [-0.25, -0.2) is 13.2 Å². The van der Waals surface area contributed by atoms with Gasteiger partial charge >= 0.3 is 6.09 Å². The highest BCUT2D eigenvalue weighted by Gasteiger charge is 2.26. The van der Waals surface area contributed by atoms with E-state index in [9.17, 15) is 18.0 Å². The number of amides is 2. The second kappa shape index (κ2) is 9.58. The molecule has 0 aromatic heterocycles. The Labute approximate surface area is 172 Å². The summed E-state index contributed by atoms with van der Waals surface area (Å²) in [7, 11) is -2.12. The van der Waals surface area contributed by atoms with Crippen LogP contribution >= 0.6 is 0 Å². The van der Waals surface area contributed by atoms with Crippen LogP contribution in [-0.2, 0) is 14.8 Å². The number of rotatable bonds is 5. The summed E-state index contributed by atoms with van der Waals surface area (Å²) < 4.78 is 31.6. The van der Waals surface area contributed by atoms with Crippen molar-refractivity contribution in [2.75, 3.05) is 39.8 Å². The van der Waals surface area contributed by atoms with Crippen LogP contribution in [0, 0.1) is 5.92 Å². The molecule has 0 unspecified atom stereocenters. The Bertz CT molecular complexity index is 811. The maximum atomic E-state index is 12.7. The number of nitrogens with one attached hydrogen (secondary N) is 1. The second-order valence-corrected chi connectivity index (χ2v) is 9.54. The normalized spacial score (nSPS) is 19.0. The molecule has 29 heavy (non-hydrogen) atoms. The summed E-state index contributed by atoms with van der Waals surface area (Å²) >= 11 is 0. The Morgan fingerprint density at radius 3 is 2.24 bits per heavy atom. The van der Waals surface area contributed by atoms with Crippen molar-refractivity contribution in [2.45, 2.75) is 37.0 Å². The van der Waals surface area contributed by atoms with E-state index in [1.165, 1.54) is 23.5 Å². The van der Waals surface area contributed by atoms with Crippen molar-refractivity contribution in [1.82, 2.24) is 14.5 Å². The molecule has 1 N–H and O–H groups in total. The fourth-order valence-electron chi connectivity index (χ4n) is 3.82. The fraction of sp³-hybridized carbons (Fsp3) is 0.600. The highest BCUT2D eigenvalue weighted by molar-refractivity contribution is 7.89. The van der Waals surface area contributed by atoms with E-state index in [1.54, 1.807) is 17.0 Å². The number of hydrogen-bond donors (Lipinski definition) is 1. The Morgan fingerprint density at radius 2 is 1.66 bits per heavy atom. The highest BCUT2D eigenvalue weighted by Crippen LogP contribution is 2.21. The topological polar surface area (TPSA) is 96.0 Å². The number of carbonyl (C=O) groups excluding carboxylic acids is 2. The quantitative estimate of drug-likeness (QED) is 0.782. The molecule has 160 valence electrons. The van der Waals surface area contributed by atoms with E-state index in [2.05, 4.69) is 5.32 Å². The Balaban J connectivity index is 1.51. The van der Waals surface area contributed by atoms with E-state index in [0.29, 0.717) is 44.2 Å². The maximum absolute atomic E-state index is 12.7. The molecule has 2 heterocycles. The van der Waals surface area contributed by atoms with Gasteiger partial charge in [0.15, 0.2) is 0 Å². The summed E-state index contributed by atoms with van der Waals surface area (Å²) in [5, 5.41) is 2.91. The molecule has 0 atom stereocenters. The van der Waals surface area contributed by atoms with E-state index in [1.807, 2.05) is 0 Å². The molecule has 9 heteroatoms. The van der Waals surface area contributed by atoms with Gasteiger partial charge in [-0.3, -0.25) is 4.79 Å². The molecule has 8 nitrogen and oxygen atoms in total. The number of hydrogen-bond acceptors (Lipinski definition) is 5. The van der Waals surface area contributed by atoms with Crippen LogP contribution < -0.4 is 5.32 Å². The summed E-state index contributed by atoms with van der Waals surface area (Å²) in [6.45, 7) is 2.88. The monoisotopic (exact) mass is 423 g/mol. The number of methoxy groups -OCH3 is 1. The van der Waals surface area contributed by atoms with Crippen molar-refractivity contribution in [3.63, 3.8) is 0 Å². The third-order valence-electron chi connectivity index (χ3n) is 5.67. The first kappa shape index (κ1) is 21.6. The molecule has 1 aromatic rings. The van der Waals surface area contributed by atoms with E-state index in [-0.39, 0.29) is 16.9 Å². The van der Waals surface area contributed by atoms with E-state index >= 15 is 0 Å². The molecule has 0 radical (unpaired) electrons. The molecule has 0 saturated carbocycles. The smallest absolute Gasteiger partial charge is 0.409 e. The van der Waals surface area contributed by atoms with Gasteiger partial charge in [0.1, 0.15) is 0 Å². The molecule has 2 aliphatic rings. The molecule has 0 spiro atoms. The molecule has 2 amide bonds. The highest BCUT2D eigenvalue weighted by atomic mass is 32.2. The SMILES string of the molecule is COC(=O)N1CCC(CNC(=O)c2ccc(S(=O)(=O)N3CCCCC3)cc2)CC1. The fourth-order valence-corrected chi connectivity index (χ4v) is 5.34. The van der Waals surface area contributed by atoms with Crippen molar-refractivity contribution in [3.8, 4) is 0 Å². The summed E-state index contributed by atoms with van der Waals surface area (Å²) in [6, 6.07) is 6.14. The minimum Gasteiger partial charge on any atom is -0.453 e. The number of nitrogens with zero attached hydrogens (tertiary/aromatic N) is 2.